The minimum absolute atomic E-state index is 0.104. The second-order valence-electron chi connectivity index (χ2n) is 5.58. The Bertz CT molecular complexity index is 1030. The van der Waals surface area contributed by atoms with E-state index in [9.17, 15) is 8.78 Å². The van der Waals surface area contributed by atoms with E-state index in [0.29, 0.717) is 17.1 Å². The number of alkyl halides is 3. The topological polar surface area (TPSA) is 64.4 Å². The van der Waals surface area contributed by atoms with Gasteiger partial charge in [-0.2, -0.15) is 18.6 Å². The van der Waals surface area contributed by atoms with Crippen LogP contribution >= 0.6 is 23.8 Å². The predicted molar refractivity (Wildman–Crippen MR) is 104 cm³/mol. The van der Waals surface area contributed by atoms with Gasteiger partial charge >= 0.3 is 5.38 Å². The van der Waals surface area contributed by atoms with E-state index in [1.54, 1.807) is 25.3 Å². The summed E-state index contributed by atoms with van der Waals surface area (Å²) >= 11 is 9.95. The molecule has 0 aliphatic heterocycles. The molecule has 146 valence electrons. The average Bonchev–Trinajstić information content (AvgIpc) is 3.06. The molecule has 3 rings (SSSR count). The Morgan fingerprint density at radius 1 is 1.29 bits per heavy atom. The summed E-state index contributed by atoms with van der Waals surface area (Å²) in [7, 11) is 1.55. The smallest absolute Gasteiger partial charge is 0.383 e. The fourth-order valence-electron chi connectivity index (χ4n) is 2.38. The molecular formula is C18H15ClF2N4O2S. The van der Waals surface area contributed by atoms with Crippen molar-refractivity contribution < 1.29 is 18.3 Å². The van der Waals surface area contributed by atoms with Crippen molar-refractivity contribution in [2.75, 3.05) is 7.11 Å². The Morgan fingerprint density at radius 3 is 2.71 bits per heavy atom. The molecule has 1 N–H and O–H groups in total. The van der Waals surface area contributed by atoms with Crippen molar-refractivity contribution >= 4 is 30.0 Å². The second-order valence-corrected chi connectivity index (χ2v) is 6.44. The zero-order chi connectivity index (χ0) is 20.1. The molecule has 1 aromatic heterocycles. The van der Waals surface area contributed by atoms with Crippen LogP contribution < -0.4 is 9.47 Å². The zero-order valence-electron chi connectivity index (χ0n) is 14.6. The van der Waals surface area contributed by atoms with Crippen LogP contribution in [0.15, 0.2) is 53.6 Å². The van der Waals surface area contributed by atoms with E-state index in [1.165, 1.54) is 6.21 Å². The van der Waals surface area contributed by atoms with E-state index in [4.69, 9.17) is 33.3 Å². The molecule has 0 fully saturated rings. The average molecular weight is 425 g/mol. The Hall–Kier alpha value is -2.78. The number of halogens is 3. The van der Waals surface area contributed by atoms with Crippen LogP contribution in [-0.2, 0) is 12.0 Å². The van der Waals surface area contributed by atoms with Gasteiger partial charge < -0.3 is 9.47 Å². The van der Waals surface area contributed by atoms with Gasteiger partial charge in [-0.3, -0.25) is 0 Å². The number of hydrogen-bond acceptors (Lipinski definition) is 5. The quantitative estimate of drug-likeness (QED) is 0.339. The number of hydrogen-bond donors (Lipinski definition) is 1. The lowest BCUT2D eigenvalue weighted by molar-refractivity contribution is 0.0805. The molecule has 28 heavy (non-hydrogen) atoms. The van der Waals surface area contributed by atoms with Gasteiger partial charge in [0.2, 0.25) is 10.6 Å². The first-order chi connectivity index (χ1) is 13.4. The van der Waals surface area contributed by atoms with Gasteiger partial charge in [0.05, 0.1) is 13.3 Å². The third-order valence-corrected chi connectivity index (χ3v) is 4.10. The van der Waals surface area contributed by atoms with Crippen molar-refractivity contribution in [1.29, 1.82) is 0 Å². The first-order valence-corrected chi connectivity index (χ1v) is 8.81. The van der Waals surface area contributed by atoms with Gasteiger partial charge in [-0.25, -0.2) is 5.10 Å². The molecule has 1 heterocycles. The molecule has 0 radical (unpaired) electrons. The van der Waals surface area contributed by atoms with Gasteiger partial charge in [-0.15, -0.1) is 5.10 Å². The molecule has 0 amide bonds. The lowest BCUT2D eigenvalue weighted by atomic mass is 10.1. The standard InChI is InChI=1S/C18H15ClF2N4O2S/c1-26-15-8-7-12(9-13(15)11-27-14-5-3-2-4-6-14)10-22-25-16(18(19,20)21)23-24-17(25)28/h2-10H,11H2,1H3,(H,24,28)/b22-10-. The maximum Gasteiger partial charge on any atom is 0.383 e. The molecule has 0 aliphatic rings. The Balaban J connectivity index is 1.85. The molecule has 3 aromatic rings. The van der Waals surface area contributed by atoms with Gasteiger partial charge in [-0.05, 0) is 59.7 Å². The summed E-state index contributed by atoms with van der Waals surface area (Å²) < 4.78 is 38.5. The highest BCUT2D eigenvalue weighted by molar-refractivity contribution is 7.71. The number of aromatic amines is 1. The number of methoxy groups -OCH3 is 1. The largest absolute Gasteiger partial charge is 0.496 e. The van der Waals surface area contributed by atoms with E-state index < -0.39 is 11.2 Å². The number of para-hydroxylation sites is 1. The van der Waals surface area contributed by atoms with Crippen LogP contribution in [0, 0.1) is 4.77 Å². The first kappa shape index (κ1) is 20.0. The number of nitrogens with one attached hydrogen (secondary N) is 1. The molecule has 2 aromatic carbocycles. The monoisotopic (exact) mass is 424 g/mol. The SMILES string of the molecule is COc1ccc(/C=N\n2c(C(F)(F)Cl)n[nH]c2=S)cc1COc1ccccc1. The maximum atomic E-state index is 13.4. The van der Waals surface area contributed by atoms with Crippen LogP contribution in [0.25, 0.3) is 0 Å². The second kappa shape index (κ2) is 8.49. The lowest BCUT2D eigenvalue weighted by Gasteiger charge is -2.11. The van der Waals surface area contributed by atoms with E-state index in [0.717, 1.165) is 10.2 Å². The molecule has 6 nitrogen and oxygen atoms in total. The fourth-order valence-corrected chi connectivity index (χ4v) is 2.68. The summed E-state index contributed by atoms with van der Waals surface area (Å²) in [6, 6.07) is 14.5. The number of rotatable bonds is 7. The summed E-state index contributed by atoms with van der Waals surface area (Å²) in [6.45, 7) is 0.255. The zero-order valence-corrected chi connectivity index (χ0v) is 16.2. The van der Waals surface area contributed by atoms with Crippen molar-refractivity contribution in [3.8, 4) is 11.5 Å². The summed E-state index contributed by atoms with van der Waals surface area (Å²) in [5.41, 5.74) is 1.38. The van der Waals surface area contributed by atoms with Crippen LogP contribution in [0.1, 0.15) is 17.0 Å². The Kier molecular flexibility index (Phi) is 6.05. The number of H-pyrrole nitrogens is 1. The lowest BCUT2D eigenvalue weighted by Crippen LogP contribution is -2.11. The maximum absolute atomic E-state index is 13.4. The van der Waals surface area contributed by atoms with Crippen molar-refractivity contribution in [1.82, 2.24) is 14.9 Å². The van der Waals surface area contributed by atoms with Gasteiger partial charge in [0.15, 0.2) is 0 Å². The van der Waals surface area contributed by atoms with Crippen LogP contribution in [0.2, 0.25) is 0 Å². The van der Waals surface area contributed by atoms with E-state index in [1.807, 2.05) is 30.3 Å². The third-order valence-electron chi connectivity index (χ3n) is 3.67. The van der Waals surface area contributed by atoms with E-state index in [2.05, 4.69) is 15.3 Å². The summed E-state index contributed by atoms with van der Waals surface area (Å²) in [4.78, 5) is 0. The van der Waals surface area contributed by atoms with Crippen molar-refractivity contribution in [3.63, 3.8) is 0 Å². The molecule has 0 saturated heterocycles. The molecule has 10 heteroatoms. The summed E-state index contributed by atoms with van der Waals surface area (Å²) in [5, 5.41) is 5.92. The van der Waals surface area contributed by atoms with Gasteiger partial charge in [0.25, 0.3) is 0 Å². The minimum Gasteiger partial charge on any atom is -0.496 e. The first-order valence-electron chi connectivity index (χ1n) is 8.02. The molecule has 0 spiro atoms. The Labute approximate surface area is 169 Å². The normalized spacial score (nSPS) is 11.7. The fraction of sp³-hybridized carbons (Fsp3) is 0.167. The number of nitrogens with zero attached hydrogens (tertiary/aromatic N) is 3. The number of benzene rings is 2. The van der Waals surface area contributed by atoms with E-state index in [-0.39, 0.29) is 11.4 Å². The molecule has 0 atom stereocenters. The van der Waals surface area contributed by atoms with Gasteiger partial charge in [0, 0.05) is 5.56 Å². The number of ether oxygens (including phenoxy) is 2. The highest BCUT2D eigenvalue weighted by atomic mass is 35.5. The van der Waals surface area contributed by atoms with Crippen LogP contribution in [0.3, 0.4) is 0 Å². The highest BCUT2D eigenvalue weighted by Crippen LogP contribution is 2.30. The highest BCUT2D eigenvalue weighted by Gasteiger charge is 2.35. The van der Waals surface area contributed by atoms with Crippen LogP contribution in [0.4, 0.5) is 8.78 Å². The number of aromatic nitrogens is 3. The minimum atomic E-state index is -3.71. The van der Waals surface area contributed by atoms with Crippen molar-refractivity contribution in [3.05, 3.63) is 70.3 Å². The molecule has 0 aliphatic carbocycles. The third kappa shape index (κ3) is 4.73. The molecule has 0 bridgehead atoms. The van der Waals surface area contributed by atoms with Crippen molar-refractivity contribution in [2.24, 2.45) is 5.10 Å². The summed E-state index contributed by atoms with van der Waals surface area (Å²) in [6.07, 6.45) is 1.36. The molecule has 0 saturated carbocycles. The van der Waals surface area contributed by atoms with Gasteiger partial charge in [0.1, 0.15) is 18.1 Å². The van der Waals surface area contributed by atoms with Crippen LogP contribution in [-0.4, -0.2) is 28.2 Å². The van der Waals surface area contributed by atoms with E-state index >= 15 is 0 Å². The summed E-state index contributed by atoms with van der Waals surface area (Å²) in [5.74, 6) is 0.542. The van der Waals surface area contributed by atoms with Crippen LogP contribution in [0.5, 0.6) is 11.5 Å². The van der Waals surface area contributed by atoms with Crippen molar-refractivity contribution in [2.45, 2.75) is 12.0 Å². The van der Waals surface area contributed by atoms with Gasteiger partial charge in [-0.1, -0.05) is 18.2 Å². The molecular weight excluding hydrogens is 410 g/mol. The Morgan fingerprint density at radius 2 is 2.04 bits per heavy atom. The predicted octanol–water partition coefficient (Wildman–Crippen LogP) is 4.70. The molecule has 0 unspecified atom stereocenters.